The van der Waals surface area contributed by atoms with E-state index >= 15 is 0 Å². The molecule has 4 atom stereocenters. The highest BCUT2D eigenvalue weighted by molar-refractivity contribution is 7.19. The number of fused-ring (bicyclic) bond motifs is 3. The van der Waals surface area contributed by atoms with Gasteiger partial charge in [-0.2, -0.15) is 0 Å². The third kappa shape index (κ3) is 1.47. The number of benzene rings is 1. The van der Waals surface area contributed by atoms with E-state index in [2.05, 4.69) is 0 Å². The molecule has 2 N–H and O–H groups in total. The Morgan fingerprint density at radius 3 is 2.83 bits per heavy atom. The molecule has 2 nitrogen and oxygen atoms in total. The van der Waals surface area contributed by atoms with Crippen molar-refractivity contribution in [3.63, 3.8) is 0 Å². The molecule has 4 heteroatoms. The number of nitrogens with two attached hydrogens (primary N) is 1. The normalized spacial score (nSPS) is 34.6. The summed E-state index contributed by atoms with van der Waals surface area (Å²) in [7, 11) is 0. The minimum absolute atomic E-state index is 0.308. The second-order valence-electron chi connectivity index (χ2n) is 5.58. The van der Waals surface area contributed by atoms with Crippen LogP contribution in [-0.2, 0) is 0 Å². The Labute approximate surface area is 115 Å². The molecular formula is C14H15ClN2S. The van der Waals surface area contributed by atoms with Crippen molar-refractivity contribution < 1.29 is 0 Å². The minimum atomic E-state index is 0.308. The molecule has 0 radical (unpaired) electrons. The van der Waals surface area contributed by atoms with E-state index in [1.807, 2.05) is 18.2 Å². The van der Waals surface area contributed by atoms with Gasteiger partial charge in [-0.3, -0.25) is 0 Å². The zero-order valence-corrected chi connectivity index (χ0v) is 11.5. The topological polar surface area (TPSA) is 38.9 Å². The Kier molecular flexibility index (Phi) is 2.44. The molecule has 4 unspecified atom stereocenters. The van der Waals surface area contributed by atoms with Gasteiger partial charge in [-0.25, -0.2) is 4.98 Å². The van der Waals surface area contributed by atoms with E-state index in [4.69, 9.17) is 22.3 Å². The third-order valence-electron chi connectivity index (χ3n) is 4.65. The molecule has 4 rings (SSSR count). The molecular weight excluding hydrogens is 264 g/mol. The maximum Gasteiger partial charge on any atom is 0.0988 e. The van der Waals surface area contributed by atoms with Crippen LogP contribution in [0.4, 0.5) is 0 Å². The zero-order chi connectivity index (χ0) is 12.3. The van der Waals surface area contributed by atoms with Gasteiger partial charge in [0.05, 0.1) is 20.2 Å². The number of nitrogens with zero attached hydrogens (tertiary/aromatic N) is 1. The van der Waals surface area contributed by atoms with E-state index in [9.17, 15) is 0 Å². The van der Waals surface area contributed by atoms with Crippen LogP contribution in [-0.4, -0.2) is 11.0 Å². The molecule has 0 aliphatic heterocycles. The van der Waals surface area contributed by atoms with Gasteiger partial charge in [0.2, 0.25) is 0 Å². The lowest BCUT2D eigenvalue weighted by atomic mass is 9.85. The second kappa shape index (κ2) is 3.92. The number of hydrogen-bond donors (Lipinski definition) is 1. The summed E-state index contributed by atoms with van der Waals surface area (Å²) >= 11 is 7.97. The molecule has 2 bridgehead atoms. The van der Waals surface area contributed by atoms with Crippen LogP contribution in [0.2, 0.25) is 5.02 Å². The van der Waals surface area contributed by atoms with Crippen LogP contribution < -0.4 is 5.73 Å². The molecule has 18 heavy (non-hydrogen) atoms. The van der Waals surface area contributed by atoms with Gasteiger partial charge in [0.1, 0.15) is 0 Å². The van der Waals surface area contributed by atoms with Crippen LogP contribution in [0.5, 0.6) is 0 Å². The molecule has 1 aromatic heterocycles. The Hall–Kier alpha value is -0.640. The summed E-state index contributed by atoms with van der Waals surface area (Å²) in [6.45, 7) is 0. The largest absolute Gasteiger partial charge is 0.327 e. The average molecular weight is 279 g/mol. The predicted molar refractivity (Wildman–Crippen MR) is 76.2 cm³/mol. The highest BCUT2D eigenvalue weighted by Gasteiger charge is 2.47. The molecule has 1 aromatic carbocycles. The number of hydrogen-bond acceptors (Lipinski definition) is 3. The van der Waals surface area contributed by atoms with Crippen LogP contribution in [0.25, 0.3) is 10.2 Å². The van der Waals surface area contributed by atoms with Crippen molar-refractivity contribution in [2.75, 3.05) is 0 Å². The van der Waals surface area contributed by atoms with E-state index in [0.29, 0.717) is 12.0 Å². The molecule has 1 heterocycles. The van der Waals surface area contributed by atoms with Crippen molar-refractivity contribution in [3.8, 4) is 0 Å². The first kappa shape index (κ1) is 11.2. The molecule has 0 amide bonds. The fourth-order valence-corrected chi connectivity index (χ4v) is 5.29. The van der Waals surface area contributed by atoms with Gasteiger partial charge in [-0.1, -0.05) is 17.7 Å². The number of halogens is 1. The van der Waals surface area contributed by atoms with Crippen LogP contribution in [0.1, 0.15) is 30.2 Å². The smallest absolute Gasteiger partial charge is 0.0988 e. The van der Waals surface area contributed by atoms with E-state index in [1.54, 1.807) is 11.3 Å². The standard InChI is InChI=1S/C14H15ClN2S/c15-9-2-1-3-10-13(9)18-14(17-10)11-7-4-5-8(6-7)12(11)16/h1-3,7-8,11-12H,4-6,16H2. The molecule has 0 spiro atoms. The van der Waals surface area contributed by atoms with E-state index < -0.39 is 0 Å². The van der Waals surface area contributed by atoms with Gasteiger partial charge in [0.15, 0.2) is 0 Å². The summed E-state index contributed by atoms with van der Waals surface area (Å²) in [5.74, 6) is 1.95. The molecule has 2 aliphatic rings. The van der Waals surface area contributed by atoms with Crippen LogP contribution in [0.3, 0.4) is 0 Å². The Morgan fingerprint density at radius 2 is 2.11 bits per heavy atom. The van der Waals surface area contributed by atoms with Crippen molar-refractivity contribution in [2.45, 2.75) is 31.2 Å². The molecule has 2 aromatic rings. The van der Waals surface area contributed by atoms with E-state index in [1.165, 1.54) is 24.3 Å². The van der Waals surface area contributed by atoms with Gasteiger partial charge in [0, 0.05) is 12.0 Å². The Bertz CT molecular complexity index is 607. The van der Waals surface area contributed by atoms with Gasteiger partial charge in [-0.15, -0.1) is 11.3 Å². The van der Waals surface area contributed by atoms with Gasteiger partial charge >= 0.3 is 0 Å². The monoisotopic (exact) mass is 278 g/mol. The number of thiazole rings is 1. The molecule has 0 saturated heterocycles. The molecule has 2 aliphatic carbocycles. The van der Waals surface area contributed by atoms with Gasteiger partial charge in [-0.05, 0) is 43.2 Å². The lowest BCUT2D eigenvalue weighted by molar-refractivity contribution is 0.365. The lowest BCUT2D eigenvalue weighted by Gasteiger charge is -2.26. The summed E-state index contributed by atoms with van der Waals surface area (Å²) in [6.07, 6.45) is 3.94. The first-order valence-corrected chi connectivity index (χ1v) is 7.74. The van der Waals surface area contributed by atoms with Crippen molar-refractivity contribution >= 4 is 33.2 Å². The third-order valence-corrected chi connectivity index (χ3v) is 6.28. The van der Waals surface area contributed by atoms with Crippen LogP contribution in [0.15, 0.2) is 18.2 Å². The number of aromatic nitrogens is 1. The zero-order valence-electron chi connectivity index (χ0n) is 9.97. The highest BCUT2D eigenvalue weighted by atomic mass is 35.5. The lowest BCUT2D eigenvalue weighted by Crippen LogP contribution is -2.33. The van der Waals surface area contributed by atoms with Crippen molar-refractivity contribution in [3.05, 3.63) is 28.2 Å². The van der Waals surface area contributed by atoms with Crippen molar-refractivity contribution in [2.24, 2.45) is 17.6 Å². The summed E-state index contributed by atoms with van der Waals surface area (Å²) in [4.78, 5) is 4.78. The van der Waals surface area contributed by atoms with Crippen LogP contribution in [0, 0.1) is 11.8 Å². The predicted octanol–water partition coefficient (Wildman–Crippen LogP) is 3.79. The molecule has 94 valence electrons. The van der Waals surface area contributed by atoms with Crippen LogP contribution >= 0.6 is 22.9 Å². The first-order chi connectivity index (χ1) is 8.74. The van der Waals surface area contributed by atoms with Gasteiger partial charge < -0.3 is 5.73 Å². The summed E-state index contributed by atoms with van der Waals surface area (Å²) in [5, 5.41) is 2.02. The maximum atomic E-state index is 6.39. The Morgan fingerprint density at radius 1 is 1.28 bits per heavy atom. The van der Waals surface area contributed by atoms with Gasteiger partial charge in [0.25, 0.3) is 0 Å². The second-order valence-corrected chi connectivity index (χ2v) is 7.01. The van der Waals surface area contributed by atoms with E-state index in [0.717, 1.165) is 27.1 Å². The summed E-state index contributed by atoms with van der Waals surface area (Å²) in [6, 6.07) is 6.25. The molecule has 2 fully saturated rings. The fourth-order valence-electron chi connectivity index (χ4n) is 3.78. The van der Waals surface area contributed by atoms with E-state index in [-0.39, 0.29) is 0 Å². The highest BCUT2D eigenvalue weighted by Crippen LogP contribution is 2.53. The molecule has 2 saturated carbocycles. The first-order valence-electron chi connectivity index (χ1n) is 6.54. The van der Waals surface area contributed by atoms with Crippen molar-refractivity contribution in [1.82, 2.24) is 4.98 Å². The number of rotatable bonds is 1. The SMILES string of the molecule is NC1C2CCC(C2)C1c1nc2cccc(Cl)c2s1. The summed E-state index contributed by atoms with van der Waals surface area (Å²) < 4.78 is 1.11. The van der Waals surface area contributed by atoms with Crippen molar-refractivity contribution in [1.29, 1.82) is 0 Å². The summed E-state index contributed by atoms with van der Waals surface area (Å²) in [5.41, 5.74) is 7.42. The average Bonchev–Trinajstić information content (AvgIpc) is 3.01. The Balaban J connectivity index is 1.81. The quantitative estimate of drug-likeness (QED) is 0.862. The minimum Gasteiger partial charge on any atom is -0.327 e. The maximum absolute atomic E-state index is 6.39. The fraction of sp³-hybridized carbons (Fsp3) is 0.500.